The smallest absolute Gasteiger partial charge is 0.311 e. The number of carbonyl (C=O) groups is 1. The lowest BCUT2D eigenvalue weighted by atomic mass is 10.0. The standard InChI is InChI=1S/C26H22ClNO4/c1-30-24-12-8-19(15-25(24)31-2)9-13-26(29)32-23-10-6-18(7-11-23)14-21(17-28)20-4-3-5-22(27)16-20/h3-8,10-12,14-16H,9,13H2,1-2H3/b21-14-. The van der Waals surface area contributed by atoms with E-state index in [0.717, 1.165) is 16.7 Å². The summed E-state index contributed by atoms with van der Waals surface area (Å²) in [6, 6.07) is 21.8. The average Bonchev–Trinajstić information content (AvgIpc) is 2.82. The normalized spacial score (nSPS) is 10.9. The van der Waals surface area contributed by atoms with Crippen LogP contribution in [0, 0.1) is 11.3 Å². The number of methoxy groups -OCH3 is 2. The molecule has 0 saturated carbocycles. The van der Waals surface area contributed by atoms with E-state index >= 15 is 0 Å². The lowest BCUT2D eigenvalue weighted by Gasteiger charge is -2.09. The van der Waals surface area contributed by atoms with E-state index in [1.54, 1.807) is 62.8 Å². The molecule has 0 aliphatic rings. The molecule has 32 heavy (non-hydrogen) atoms. The molecule has 0 aliphatic carbocycles. The van der Waals surface area contributed by atoms with Gasteiger partial charge in [0.2, 0.25) is 0 Å². The fourth-order valence-electron chi connectivity index (χ4n) is 3.10. The predicted octanol–water partition coefficient (Wildman–Crippen LogP) is 5.96. The second-order valence-corrected chi connectivity index (χ2v) is 7.35. The second kappa shape index (κ2) is 11.0. The molecule has 0 fully saturated rings. The second-order valence-electron chi connectivity index (χ2n) is 6.91. The summed E-state index contributed by atoms with van der Waals surface area (Å²) in [5.74, 6) is 1.37. The zero-order chi connectivity index (χ0) is 22.9. The van der Waals surface area contributed by atoms with Crippen LogP contribution in [0.5, 0.6) is 17.2 Å². The van der Waals surface area contributed by atoms with Crippen molar-refractivity contribution in [3.05, 3.63) is 88.4 Å². The van der Waals surface area contributed by atoms with Crippen molar-refractivity contribution in [2.75, 3.05) is 14.2 Å². The van der Waals surface area contributed by atoms with Crippen LogP contribution < -0.4 is 14.2 Å². The summed E-state index contributed by atoms with van der Waals surface area (Å²) in [5, 5.41) is 10.0. The molecular formula is C26H22ClNO4. The van der Waals surface area contributed by atoms with Gasteiger partial charge in [-0.3, -0.25) is 4.79 Å². The summed E-state index contributed by atoms with van der Waals surface area (Å²) in [4.78, 5) is 12.2. The Morgan fingerprint density at radius 3 is 2.41 bits per heavy atom. The molecule has 0 bridgehead atoms. The molecule has 0 N–H and O–H groups in total. The van der Waals surface area contributed by atoms with E-state index in [1.165, 1.54) is 0 Å². The van der Waals surface area contributed by atoms with Crippen molar-refractivity contribution in [2.45, 2.75) is 12.8 Å². The molecule has 3 rings (SSSR count). The number of allylic oxidation sites excluding steroid dienone is 1. The Bertz CT molecular complexity index is 1160. The Balaban J connectivity index is 1.60. The molecular weight excluding hydrogens is 426 g/mol. The van der Waals surface area contributed by atoms with Gasteiger partial charge in [0.05, 0.1) is 25.9 Å². The largest absolute Gasteiger partial charge is 0.493 e. The van der Waals surface area contributed by atoms with Crippen LogP contribution in [-0.4, -0.2) is 20.2 Å². The molecule has 0 heterocycles. The minimum atomic E-state index is -0.334. The minimum absolute atomic E-state index is 0.227. The van der Waals surface area contributed by atoms with E-state index in [2.05, 4.69) is 6.07 Å². The van der Waals surface area contributed by atoms with E-state index < -0.39 is 0 Å². The first kappa shape index (κ1) is 22.9. The molecule has 3 aromatic rings. The molecule has 0 saturated heterocycles. The molecule has 6 heteroatoms. The lowest BCUT2D eigenvalue weighted by Crippen LogP contribution is -2.09. The predicted molar refractivity (Wildman–Crippen MR) is 125 cm³/mol. The third-order valence-electron chi connectivity index (χ3n) is 4.74. The number of carbonyl (C=O) groups excluding carboxylic acids is 1. The highest BCUT2D eigenvalue weighted by Gasteiger charge is 2.09. The Morgan fingerprint density at radius 1 is 1.00 bits per heavy atom. The monoisotopic (exact) mass is 447 g/mol. The highest BCUT2D eigenvalue weighted by molar-refractivity contribution is 6.30. The van der Waals surface area contributed by atoms with Crippen molar-refractivity contribution < 1.29 is 19.0 Å². The number of hydrogen-bond donors (Lipinski definition) is 0. The first-order chi connectivity index (χ1) is 15.5. The van der Waals surface area contributed by atoms with Crippen molar-refractivity contribution >= 4 is 29.2 Å². The lowest BCUT2D eigenvalue weighted by molar-refractivity contribution is -0.134. The molecule has 162 valence electrons. The Kier molecular flexibility index (Phi) is 7.91. The average molecular weight is 448 g/mol. The molecule has 0 atom stereocenters. The third-order valence-corrected chi connectivity index (χ3v) is 4.98. The molecule has 0 unspecified atom stereocenters. The van der Waals surface area contributed by atoms with Gasteiger partial charge in [-0.05, 0) is 65.6 Å². The van der Waals surface area contributed by atoms with E-state index in [4.69, 9.17) is 25.8 Å². The first-order valence-corrected chi connectivity index (χ1v) is 10.3. The number of halogens is 1. The van der Waals surface area contributed by atoms with Gasteiger partial charge in [0.25, 0.3) is 0 Å². The van der Waals surface area contributed by atoms with Crippen LogP contribution >= 0.6 is 11.6 Å². The van der Waals surface area contributed by atoms with Crippen LogP contribution in [-0.2, 0) is 11.2 Å². The van der Waals surface area contributed by atoms with Gasteiger partial charge >= 0.3 is 5.97 Å². The molecule has 0 amide bonds. The van der Waals surface area contributed by atoms with Crippen LogP contribution in [0.2, 0.25) is 5.02 Å². The van der Waals surface area contributed by atoms with E-state index in [1.807, 2.05) is 24.3 Å². The zero-order valence-corrected chi connectivity index (χ0v) is 18.6. The Morgan fingerprint density at radius 2 is 1.75 bits per heavy atom. The highest BCUT2D eigenvalue weighted by Crippen LogP contribution is 2.28. The third kappa shape index (κ3) is 6.13. The number of aryl methyl sites for hydroxylation is 1. The summed E-state index contributed by atoms with van der Waals surface area (Å²) < 4.78 is 15.9. The summed E-state index contributed by atoms with van der Waals surface area (Å²) in [6.07, 6.45) is 2.50. The summed E-state index contributed by atoms with van der Waals surface area (Å²) in [7, 11) is 3.15. The van der Waals surface area contributed by atoms with Crippen LogP contribution in [0.25, 0.3) is 11.6 Å². The van der Waals surface area contributed by atoms with Gasteiger partial charge in [0.15, 0.2) is 11.5 Å². The van der Waals surface area contributed by atoms with Crippen LogP contribution in [0.4, 0.5) is 0 Å². The van der Waals surface area contributed by atoms with Crippen LogP contribution in [0.1, 0.15) is 23.1 Å². The van der Waals surface area contributed by atoms with E-state index in [-0.39, 0.29) is 12.4 Å². The van der Waals surface area contributed by atoms with Gasteiger partial charge in [-0.25, -0.2) is 0 Å². The number of ether oxygens (including phenoxy) is 3. The maximum atomic E-state index is 12.2. The highest BCUT2D eigenvalue weighted by atomic mass is 35.5. The zero-order valence-electron chi connectivity index (χ0n) is 17.8. The molecule has 0 aromatic heterocycles. The molecule has 5 nitrogen and oxygen atoms in total. The molecule has 0 aliphatic heterocycles. The maximum absolute atomic E-state index is 12.2. The van der Waals surface area contributed by atoms with Crippen molar-refractivity contribution in [3.8, 4) is 23.3 Å². The van der Waals surface area contributed by atoms with Crippen LogP contribution in [0.3, 0.4) is 0 Å². The molecule has 3 aromatic carbocycles. The van der Waals surface area contributed by atoms with Crippen molar-refractivity contribution in [3.63, 3.8) is 0 Å². The number of rotatable bonds is 8. The van der Waals surface area contributed by atoms with Gasteiger partial charge in [0, 0.05) is 11.4 Å². The number of hydrogen-bond acceptors (Lipinski definition) is 5. The Labute approximate surface area is 192 Å². The SMILES string of the molecule is COc1ccc(CCC(=O)Oc2ccc(/C=C(/C#N)c3cccc(Cl)c3)cc2)cc1OC. The number of nitrogens with zero attached hydrogens (tertiary/aromatic N) is 1. The van der Waals surface area contributed by atoms with Gasteiger partial charge in [-0.1, -0.05) is 41.9 Å². The maximum Gasteiger partial charge on any atom is 0.311 e. The van der Waals surface area contributed by atoms with Gasteiger partial charge < -0.3 is 14.2 Å². The van der Waals surface area contributed by atoms with Crippen LogP contribution in [0.15, 0.2) is 66.7 Å². The first-order valence-electron chi connectivity index (χ1n) is 9.91. The molecule has 0 radical (unpaired) electrons. The van der Waals surface area contributed by atoms with E-state index in [9.17, 15) is 10.1 Å². The number of nitriles is 1. The summed E-state index contributed by atoms with van der Waals surface area (Å²) in [5.41, 5.74) is 3.00. The quantitative estimate of drug-likeness (QED) is 0.184. The van der Waals surface area contributed by atoms with Crippen molar-refractivity contribution in [1.82, 2.24) is 0 Å². The topological polar surface area (TPSA) is 68.5 Å². The number of esters is 1. The Hall–Kier alpha value is -3.75. The summed E-state index contributed by atoms with van der Waals surface area (Å²) >= 11 is 6.01. The van der Waals surface area contributed by atoms with Crippen molar-refractivity contribution in [2.24, 2.45) is 0 Å². The van der Waals surface area contributed by atoms with E-state index in [0.29, 0.717) is 34.3 Å². The number of benzene rings is 3. The molecule has 0 spiro atoms. The fraction of sp³-hybridized carbons (Fsp3) is 0.154. The minimum Gasteiger partial charge on any atom is -0.493 e. The van der Waals surface area contributed by atoms with Gasteiger partial charge in [0.1, 0.15) is 5.75 Å². The van der Waals surface area contributed by atoms with Gasteiger partial charge in [-0.15, -0.1) is 0 Å². The van der Waals surface area contributed by atoms with Gasteiger partial charge in [-0.2, -0.15) is 5.26 Å². The summed E-state index contributed by atoms with van der Waals surface area (Å²) in [6.45, 7) is 0. The fourth-order valence-corrected chi connectivity index (χ4v) is 3.29. The van der Waals surface area contributed by atoms with Crippen molar-refractivity contribution in [1.29, 1.82) is 5.26 Å².